The highest BCUT2D eigenvalue weighted by molar-refractivity contribution is 6.76. The number of nitrogens with one attached hydrogen (secondary N) is 1. The maximum Gasteiger partial charge on any atom is 0.276 e. The zero-order chi connectivity index (χ0) is 25.9. The summed E-state index contributed by atoms with van der Waals surface area (Å²) in [6.45, 7) is 7.37. The van der Waals surface area contributed by atoms with Crippen LogP contribution in [0.2, 0.25) is 25.7 Å². The average molecular weight is 515 g/mol. The third-order valence-electron chi connectivity index (χ3n) is 6.30. The predicted molar refractivity (Wildman–Crippen MR) is 135 cm³/mol. The van der Waals surface area contributed by atoms with Crippen LogP contribution in [0.25, 0.3) is 0 Å². The van der Waals surface area contributed by atoms with Gasteiger partial charge in [0.1, 0.15) is 24.4 Å². The predicted octanol–water partition coefficient (Wildman–Crippen LogP) is 2.17. The van der Waals surface area contributed by atoms with Gasteiger partial charge in [0.25, 0.3) is 11.8 Å². The van der Waals surface area contributed by atoms with Crippen molar-refractivity contribution in [2.75, 3.05) is 13.2 Å². The number of carbonyl (C=O) groups is 2. The van der Waals surface area contributed by atoms with Gasteiger partial charge in [0.05, 0.1) is 24.3 Å². The molecule has 2 aromatic carbocycles. The Morgan fingerprint density at radius 2 is 1.56 bits per heavy atom. The van der Waals surface area contributed by atoms with Crippen LogP contribution in [0.5, 0.6) is 0 Å². The van der Waals surface area contributed by atoms with Gasteiger partial charge in [-0.25, -0.2) is 10.4 Å². The van der Waals surface area contributed by atoms with Crippen LogP contribution < -0.4 is 5.43 Å². The second-order valence-corrected chi connectivity index (χ2v) is 16.0. The number of fused-ring (bicyclic) bond motifs is 1. The molecule has 0 radical (unpaired) electrons. The number of aliphatic hydroxyl groups is 2. The van der Waals surface area contributed by atoms with Crippen molar-refractivity contribution in [2.24, 2.45) is 0 Å². The van der Waals surface area contributed by atoms with E-state index in [4.69, 9.17) is 14.2 Å². The van der Waals surface area contributed by atoms with E-state index >= 15 is 0 Å². The second kappa shape index (κ2) is 11.3. The SMILES string of the molecule is C[Si](C)(C)CCO[C@@H]1O[C@H](COCc2ccccc2)[C@@H](O)[C@H](O)[C@H]1NN1C(=O)c2ccccc2C1=O. The Bertz CT molecular complexity index is 1030. The van der Waals surface area contributed by atoms with Gasteiger partial charge in [-0.15, -0.1) is 0 Å². The molecule has 9 nitrogen and oxygen atoms in total. The number of hydrogen-bond donors (Lipinski definition) is 3. The third-order valence-corrected chi connectivity index (χ3v) is 8.01. The van der Waals surface area contributed by atoms with Crippen molar-refractivity contribution in [3.63, 3.8) is 0 Å². The van der Waals surface area contributed by atoms with Crippen molar-refractivity contribution in [1.82, 2.24) is 10.4 Å². The maximum atomic E-state index is 12.9. The molecule has 0 spiro atoms. The number of imide groups is 1. The molecule has 10 heteroatoms. The number of benzene rings is 2. The molecule has 2 amide bonds. The Morgan fingerprint density at radius 1 is 0.944 bits per heavy atom. The summed E-state index contributed by atoms with van der Waals surface area (Å²) in [5, 5.41) is 22.7. The van der Waals surface area contributed by atoms with Crippen LogP contribution in [-0.2, 0) is 20.8 Å². The van der Waals surface area contributed by atoms with E-state index in [1.165, 1.54) is 0 Å². The van der Waals surface area contributed by atoms with E-state index in [1.807, 2.05) is 30.3 Å². The van der Waals surface area contributed by atoms with E-state index in [9.17, 15) is 19.8 Å². The molecular formula is C26H34N2O7Si. The molecule has 2 heterocycles. The molecule has 2 aromatic rings. The first-order valence-corrected chi connectivity index (χ1v) is 15.9. The normalized spacial score (nSPS) is 26.4. The average Bonchev–Trinajstić information content (AvgIpc) is 3.09. The Kier molecular flexibility index (Phi) is 8.36. The largest absolute Gasteiger partial charge is 0.388 e. The molecule has 36 heavy (non-hydrogen) atoms. The number of hydrazine groups is 1. The van der Waals surface area contributed by atoms with Crippen LogP contribution in [0.1, 0.15) is 26.3 Å². The highest BCUT2D eigenvalue weighted by Crippen LogP contribution is 2.27. The highest BCUT2D eigenvalue weighted by atomic mass is 28.3. The quantitative estimate of drug-likeness (QED) is 0.326. The van der Waals surface area contributed by atoms with Crippen molar-refractivity contribution in [3.05, 3.63) is 71.3 Å². The fourth-order valence-electron chi connectivity index (χ4n) is 4.15. The lowest BCUT2D eigenvalue weighted by molar-refractivity contribution is -0.276. The molecule has 5 atom stereocenters. The standard InChI is InChI=1S/C26H34N2O7Si/c1-36(2,3)14-13-34-26-21(27-28-24(31)18-11-7-8-12-19(18)25(28)32)23(30)22(29)20(35-26)16-33-15-17-9-5-4-6-10-17/h4-12,20-23,26-27,29-30H,13-16H2,1-3H3/t20-,21-,22-,23-,26-/m1/s1. The van der Waals surface area contributed by atoms with Crippen molar-refractivity contribution >= 4 is 19.9 Å². The molecule has 0 saturated carbocycles. The highest BCUT2D eigenvalue weighted by Gasteiger charge is 2.48. The van der Waals surface area contributed by atoms with Crippen LogP contribution in [0, 0.1) is 0 Å². The lowest BCUT2D eigenvalue weighted by Gasteiger charge is -2.43. The van der Waals surface area contributed by atoms with Gasteiger partial charge in [-0.3, -0.25) is 9.59 Å². The third kappa shape index (κ3) is 6.09. The van der Waals surface area contributed by atoms with E-state index < -0.39 is 50.5 Å². The summed E-state index contributed by atoms with van der Waals surface area (Å²) < 4.78 is 17.8. The minimum Gasteiger partial charge on any atom is -0.388 e. The van der Waals surface area contributed by atoms with Crippen LogP contribution >= 0.6 is 0 Å². The van der Waals surface area contributed by atoms with Gasteiger partial charge in [-0.1, -0.05) is 62.1 Å². The molecule has 0 aliphatic carbocycles. The Balaban J connectivity index is 1.46. The summed E-state index contributed by atoms with van der Waals surface area (Å²) in [7, 11) is -1.43. The number of carbonyl (C=O) groups excluding carboxylic acids is 2. The van der Waals surface area contributed by atoms with Gasteiger partial charge in [-0.2, -0.15) is 0 Å². The van der Waals surface area contributed by atoms with Gasteiger partial charge in [0.15, 0.2) is 6.29 Å². The monoisotopic (exact) mass is 514 g/mol. The topological polar surface area (TPSA) is 118 Å². The summed E-state index contributed by atoms with van der Waals surface area (Å²) in [5.74, 6) is -1.07. The Hall–Kier alpha value is -2.44. The van der Waals surface area contributed by atoms with Crippen molar-refractivity contribution < 1.29 is 34.0 Å². The smallest absolute Gasteiger partial charge is 0.276 e. The number of ether oxygens (including phenoxy) is 3. The van der Waals surface area contributed by atoms with Crippen molar-refractivity contribution in [1.29, 1.82) is 0 Å². The molecule has 0 unspecified atom stereocenters. The summed E-state index contributed by atoms with van der Waals surface area (Å²) in [6.07, 6.45) is -4.59. The van der Waals surface area contributed by atoms with Gasteiger partial charge in [0, 0.05) is 14.7 Å². The number of nitrogens with zero attached hydrogens (tertiary/aromatic N) is 1. The second-order valence-electron chi connectivity index (χ2n) is 10.4. The van der Waals surface area contributed by atoms with Gasteiger partial charge < -0.3 is 24.4 Å². The van der Waals surface area contributed by atoms with Gasteiger partial charge >= 0.3 is 0 Å². The van der Waals surface area contributed by atoms with Crippen LogP contribution in [0.3, 0.4) is 0 Å². The molecule has 2 aliphatic rings. The first-order valence-electron chi connectivity index (χ1n) is 12.1. The zero-order valence-electron chi connectivity index (χ0n) is 20.8. The Labute approximate surface area is 211 Å². The number of rotatable bonds is 10. The summed E-state index contributed by atoms with van der Waals surface area (Å²) in [4.78, 5) is 25.7. The molecule has 1 fully saturated rings. The minimum atomic E-state index is -1.43. The molecular weight excluding hydrogens is 480 g/mol. The molecule has 3 N–H and O–H groups in total. The molecule has 2 aliphatic heterocycles. The van der Waals surface area contributed by atoms with Crippen molar-refractivity contribution in [2.45, 2.75) is 62.9 Å². The van der Waals surface area contributed by atoms with Gasteiger partial charge in [-0.05, 0) is 23.7 Å². The van der Waals surface area contributed by atoms with Crippen LogP contribution in [-0.4, -0.2) is 79.0 Å². The van der Waals surface area contributed by atoms with Gasteiger partial charge in [0.2, 0.25) is 0 Å². The molecule has 4 rings (SSSR count). The summed E-state index contributed by atoms with van der Waals surface area (Å²) in [6, 6.07) is 15.9. The van der Waals surface area contributed by atoms with E-state index in [0.717, 1.165) is 16.6 Å². The summed E-state index contributed by atoms with van der Waals surface area (Å²) >= 11 is 0. The number of amides is 2. The maximum absolute atomic E-state index is 12.9. The fraction of sp³-hybridized carbons (Fsp3) is 0.462. The summed E-state index contributed by atoms with van der Waals surface area (Å²) in [5.41, 5.74) is 4.30. The van der Waals surface area contributed by atoms with E-state index in [2.05, 4.69) is 25.1 Å². The number of aliphatic hydroxyl groups excluding tert-OH is 2. The number of hydrogen-bond acceptors (Lipinski definition) is 8. The molecule has 1 saturated heterocycles. The fourth-order valence-corrected chi connectivity index (χ4v) is 4.88. The Morgan fingerprint density at radius 3 is 2.17 bits per heavy atom. The van der Waals surface area contributed by atoms with Crippen LogP contribution in [0.4, 0.5) is 0 Å². The van der Waals surface area contributed by atoms with E-state index in [-0.39, 0.29) is 17.7 Å². The van der Waals surface area contributed by atoms with E-state index in [1.54, 1.807) is 24.3 Å². The first-order chi connectivity index (χ1) is 17.2. The molecule has 0 bridgehead atoms. The van der Waals surface area contributed by atoms with Crippen molar-refractivity contribution in [3.8, 4) is 0 Å². The lowest BCUT2D eigenvalue weighted by Crippen LogP contribution is -2.67. The molecule has 0 aromatic heterocycles. The first kappa shape index (κ1) is 26.6. The minimum absolute atomic E-state index is 0.0285. The zero-order valence-corrected chi connectivity index (χ0v) is 21.8. The van der Waals surface area contributed by atoms with Crippen LogP contribution in [0.15, 0.2) is 54.6 Å². The molecule has 194 valence electrons. The lowest BCUT2D eigenvalue weighted by atomic mass is 9.97. The van der Waals surface area contributed by atoms with E-state index in [0.29, 0.717) is 13.2 Å².